The highest BCUT2D eigenvalue weighted by Gasteiger charge is 2.10. The van der Waals surface area contributed by atoms with Crippen LogP contribution in [0.2, 0.25) is 0 Å². The summed E-state index contributed by atoms with van der Waals surface area (Å²) in [6.45, 7) is 0. The highest BCUT2D eigenvalue weighted by atomic mass is 16.3. The van der Waals surface area contributed by atoms with Gasteiger partial charge in [0.1, 0.15) is 5.52 Å². The molecule has 3 aromatic heterocycles. The van der Waals surface area contributed by atoms with Gasteiger partial charge in [0.25, 0.3) is 5.56 Å². The van der Waals surface area contributed by atoms with E-state index in [2.05, 4.69) is 15.0 Å². The van der Waals surface area contributed by atoms with Crippen molar-refractivity contribution in [2.45, 2.75) is 0 Å². The van der Waals surface area contributed by atoms with E-state index in [-0.39, 0.29) is 11.1 Å². The molecule has 68 valence electrons. The summed E-state index contributed by atoms with van der Waals surface area (Å²) in [5, 5.41) is 0.758. The van der Waals surface area contributed by atoms with Crippen LogP contribution in [-0.2, 0) is 0 Å². The Labute approximate surface area is 77.4 Å². The molecule has 0 spiro atoms. The van der Waals surface area contributed by atoms with Crippen LogP contribution in [0.15, 0.2) is 33.9 Å². The van der Waals surface area contributed by atoms with Gasteiger partial charge in [-0.15, -0.1) is 0 Å². The lowest BCUT2D eigenvalue weighted by Crippen LogP contribution is -2.03. The number of rotatable bonds is 0. The zero-order valence-electron chi connectivity index (χ0n) is 7.02. The Morgan fingerprint density at radius 2 is 2.29 bits per heavy atom. The number of furan rings is 1. The maximum absolute atomic E-state index is 11.3. The molecule has 3 rings (SSSR count). The number of hydrogen-bond donors (Lipinski definition) is 1. The van der Waals surface area contributed by atoms with Gasteiger partial charge in [0.15, 0.2) is 0 Å². The maximum atomic E-state index is 11.3. The normalized spacial score (nSPS) is 11.1. The van der Waals surface area contributed by atoms with Gasteiger partial charge in [0.2, 0.25) is 11.3 Å². The lowest BCUT2D eigenvalue weighted by Gasteiger charge is -1.84. The summed E-state index contributed by atoms with van der Waals surface area (Å²) < 4.78 is 5.27. The largest absolute Gasteiger partial charge is 0.430 e. The van der Waals surface area contributed by atoms with Gasteiger partial charge in [-0.1, -0.05) is 0 Å². The number of aromatic amines is 1. The first-order valence-corrected chi connectivity index (χ1v) is 4.07. The zero-order valence-corrected chi connectivity index (χ0v) is 7.02. The third kappa shape index (κ3) is 0.806. The molecule has 0 saturated heterocycles. The van der Waals surface area contributed by atoms with Crippen LogP contribution in [0.1, 0.15) is 0 Å². The summed E-state index contributed by atoms with van der Waals surface area (Å²) in [6.07, 6.45) is 2.96. The van der Waals surface area contributed by atoms with E-state index < -0.39 is 0 Å². The van der Waals surface area contributed by atoms with Crippen LogP contribution in [0.25, 0.3) is 22.2 Å². The third-order valence-electron chi connectivity index (χ3n) is 2.04. The molecule has 0 bridgehead atoms. The van der Waals surface area contributed by atoms with Crippen LogP contribution in [0.5, 0.6) is 0 Å². The van der Waals surface area contributed by atoms with E-state index in [0.29, 0.717) is 11.2 Å². The monoisotopic (exact) mass is 187 g/mol. The second kappa shape index (κ2) is 2.41. The molecule has 3 aromatic rings. The summed E-state index contributed by atoms with van der Waals surface area (Å²) >= 11 is 0. The molecule has 0 fully saturated rings. The van der Waals surface area contributed by atoms with Gasteiger partial charge in [-0.2, -0.15) is 0 Å². The molecule has 5 nitrogen and oxygen atoms in total. The van der Waals surface area contributed by atoms with Crippen molar-refractivity contribution in [3.8, 4) is 0 Å². The SMILES string of the molecule is O=c1[nH]cnc2c1oc1ncccc12. The van der Waals surface area contributed by atoms with Crippen LogP contribution < -0.4 is 5.56 Å². The number of hydrogen-bond acceptors (Lipinski definition) is 4. The van der Waals surface area contributed by atoms with E-state index in [1.807, 2.05) is 6.07 Å². The second-order valence-electron chi connectivity index (χ2n) is 2.87. The average Bonchev–Trinajstić information content (AvgIpc) is 2.59. The standard InChI is InChI=1S/C9H5N3O2/c13-8-7-6(11-4-12-8)5-2-1-3-10-9(5)14-7/h1-4H,(H,11,12,13). The van der Waals surface area contributed by atoms with Crippen LogP contribution in [0, 0.1) is 0 Å². The van der Waals surface area contributed by atoms with Crippen molar-refractivity contribution in [2.75, 3.05) is 0 Å². The van der Waals surface area contributed by atoms with Gasteiger partial charge < -0.3 is 9.40 Å². The fourth-order valence-corrected chi connectivity index (χ4v) is 1.42. The molecule has 5 heteroatoms. The van der Waals surface area contributed by atoms with Crippen molar-refractivity contribution >= 4 is 22.2 Å². The number of nitrogens with zero attached hydrogens (tertiary/aromatic N) is 2. The Balaban J connectivity index is 2.70. The van der Waals surface area contributed by atoms with Crippen LogP contribution >= 0.6 is 0 Å². The van der Waals surface area contributed by atoms with Gasteiger partial charge in [-0.25, -0.2) is 9.97 Å². The summed E-state index contributed by atoms with van der Waals surface area (Å²) in [5.41, 5.74) is 0.928. The molecule has 0 amide bonds. The number of aromatic nitrogens is 3. The fourth-order valence-electron chi connectivity index (χ4n) is 1.42. The Morgan fingerprint density at radius 3 is 3.21 bits per heavy atom. The third-order valence-corrected chi connectivity index (χ3v) is 2.04. The van der Waals surface area contributed by atoms with Crippen molar-refractivity contribution in [3.05, 3.63) is 35.0 Å². The molecular formula is C9H5N3O2. The second-order valence-corrected chi connectivity index (χ2v) is 2.87. The van der Waals surface area contributed by atoms with E-state index in [9.17, 15) is 4.79 Å². The first kappa shape index (κ1) is 7.25. The molecule has 0 aliphatic rings. The van der Waals surface area contributed by atoms with Gasteiger partial charge in [0.05, 0.1) is 11.7 Å². The van der Waals surface area contributed by atoms with Crippen LogP contribution in [0.3, 0.4) is 0 Å². The summed E-state index contributed by atoms with van der Waals surface area (Å²) in [5.74, 6) is 0. The number of H-pyrrole nitrogens is 1. The highest BCUT2D eigenvalue weighted by Crippen LogP contribution is 2.21. The molecule has 0 radical (unpaired) electrons. The zero-order chi connectivity index (χ0) is 9.54. The Bertz CT molecular complexity index is 668. The Morgan fingerprint density at radius 1 is 1.36 bits per heavy atom. The molecule has 0 aliphatic heterocycles. The van der Waals surface area contributed by atoms with Crippen molar-refractivity contribution in [2.24, 2.45) is 0 Å². The minimum Gasteiger partial charge on any atom is -0.430 e. The predicted octanol–water partition coefficient (Wildman–Crippen LogP) is 1.06. The molecular weight excluding hydrogens is 182 g/mol. The fraction of sp³-hybridized carbons (Fsp3) is 0. The van der Waals surface area contributed by atoms with Gasteiger partial charge in [-0.3, -0.25) is 4.79 Å². The van der Waals surface area contributed by atoms with Gasteiger partial charge >= 0.3 is 0 Å². The van der Waals surface area contributed by atoms with E-state index in [0.717, 1.165) is 5.39 Å². The first-order valence-electron chi connectivity index (χ1n) is 4.07. The molecule has 3 heterocycles. The number of nitrogens with one attached hydrogen (secondary N) is 1. The molecule has 0 unspecified atom stereocenters. The molecule has 0 aromatic carbocycles. The topological polar surface area (TPSA) is 71.8 Å². The van der Waals surface area contributed by atoms with E-state index in [1.165, 1.54) is 6.33 Å². The summed E-state index contributed by atoms with van der Waals surface area (Å²) in [6, 6.07) is 3.60. The Hall–Kier alpha value is -2.17. The van der Waals surface area contributed by atoms with E-state index in [1.54, 1.807) is 12.3 Å². The van der Waals surface area contributed by atoms with Crippen molar-refractivity contribution in [3.63, 3.8) is 0 Å². The van der Waals surface area contributed by atoms with Crippen LogP contribution in [-0.4, -0.2) is 15.0 Å². The van der Waals surface area contributed by atoms with Crippen molar-refractivity contribution in [1.82, 2.24) is 15.0 Å². The average molecular weight is 187 g/mol. The summed E-state index contributed by atoms with van der Waals surface area (Å²) in [4.78, 5) is 21.8. The lowest BCUT2D eigenvalue weighted by molar-refractivity contribution is 0.647. The van der Waals surface area contributed by atoms with Crippen molar-refractivity contribution in [1.29, 1.82) is 0 Å². The predicted molar refractivity (Wildman–Crippen MR) is 49.9 cm³/mol. The molecule has 0 atom stereocenters. The lowest BCUT2D eigenvalue weighted by atomic mass is 10.3. The maximum Gasteiger partial charge on any atom is 0.294 e. The quantitative estimate of drug-likeness (QED) is 0.571. The minimum absolute atomic E-state index is 0.223. The van der Waals surface area contributed by atoms with Crippen LogP contribution in [0.4, 0.5) is 0 Å². The van der Waals surface area contributed by atoms with E-state index in [4.69, 9.17) is 4.42 Å². The molecule has 0 aliphatic carbocycles. The minimum atomic E-state index is -0.284. The van der Waals surface area contributed by atoms with Crippen molar-refractivity contribution < 1.29 is 4.42 Å². The molecule has 14 heavy (non-hydrogen) atoms. The van der Waals surface area contributed by atoms with Gasteiger partial charge in [-0.05, 0) is 12.1 Å². The van der Waals surface area contributed by atoms with E-state index >= 15 is 0 Å². The Kier molecular flexibility index (Phi) is 1.25. The van der Waals surface area contributed by atoms with Gasteiger partial charge in [0, 0.05) is 6.20 Å². The first-order chi connectivity index (χ1) is 6.86. The molecule has 1 N–H and O–H groups in total. The highest BCUT2D eigenvalue weighted by molar-refractivity contribution is 6.00. The number of pyridine rings is 1. The summed E-state index contributed by atoms with van der Waals surface area (Å²) in [7, 11) is 0. The molecule has 0 saturated carbocycles. The number of fused-ring (bicyclic) bond motifs is 3. The smallest absolute Gasteiger partial charge is 0.294 e.